The molecule has 192 valence electrons. The van der Waals surface area contributed by atoms with Crippen LogP contribution in [0, 0.1) is 5.82 Å². The summed E-state index contributed by atoms with van der Waals surface area (Å²) in [7, 11) is 1.46. The highest BCUT2D eigenvalue weighted by molar-refractivity contribution is 6.01. The van der Waals surface area contributed by atoms with Gasteiger partial charge in [-0.25, -0.2) is 14.1 Å². The average molecular weight is 501 g/mol. The monoisotopic (exact) mass is 500 g/mol. The van der Waals surface area contributed by atoms with Gasteiger partial charge < -0.3 is 20.1 Å². The zero-order valence-corrected chi connectivity index (χ0v) is 20.1. The summed E-state index contributed by atoms with van der Waals surface area (Å²) in [6.45, 7) is 0.227. The molecule has 1 aromatic carbocycles. The Bertz CT molecular complexity index is 1240. The van der Waals surface area contributed by atoms with Crippen molar-refractivity contribution in [1.29, 1.82) is 0 Å². The third-order valence-electron chi connectivity index (χ3n) is 6.36. The summed E-state index contributed by atoms with van der Waals surface area (Å²) in [5, 5.41) is 14.4. The topological polar surface area (TPSA) is 121 Å². The average Bonchev–Trinajstić information content (AvgIpc) is 2.85. The number of carbonyl (C=O) groups excluding carboxylic acids is 3. The molecule has 0 aliphatic carbocycles. The van der Waals surface area contributed by atoms with Crippen molar-refractivity contribution in [2.24, 2.45) is 0 Å². The smallest absolute Gasteiger partial charge is 0.277 e. The van der Waals surface area contributed by atoms with E-state index in [1.54, 1.807) is 0 Å². The Morgan fingerprint density at radius 3 is 2.53 bits per heavy atom. The molecule has 0 radical (unpaired) electrons. The van der Waals surface area contributed by atoms with Crippen molar-refractivity contribution < 1.29 is 28.6 Å². The first-order valence-electron chi connectivity index (χ1n) is 12.0. The van der Waals surface area contributed by atoms with Crippen molar-refractivity contribution in [3.8, 4) is 11.5 Å². The van der Waals surface area contributed by atoms with Crippen molar-refractivity contribution in [1.82, 2.24) is 14.9 Å². The predicted molar refractivity (Wildman–Crippen MR) is 128 cm³/mol. The number of nitrogens with zero attached hydrogens (tertiary/aromatic N) is 3. The molecule has 4 rings (SSSR count). The fraction of sp³-hybridized carbons (Fsp3) is 0.440. The SMILES string of the molecule is CN1CN2C(=O)CCCCCCCCOc3cc(F)ccc3CNC(=O)c3cn2c(c(O)c3=O)C1=O. The molecule has 3 heterocycles. The maximum Gasteiger partial charge on any atom is 0.277 e. The number of pyridine rings is 1. The van der Waals surface area contributed by atoms with Gasteiger partial charge in [0.15, 0.2) is 11.4 Å². The molecule has 0 atom stereocenters. The number of carbonyl (C=O) groups is 3. The van der Waals surface area contributed by atoms with E-state index < -0.39 is 34.4 Å². The third kappa shape index (κ3) is 5.19. The summed E-state index contributed by atoms with van der Waals surface area (Å²) in [6.07, 6.45) is 6.37. The molecule has 0 saturated carbocycles. The quantitative estimate of drug-likeness (QED) is 0.573. The number of aromatic nitrogens is 1. The van der Waals surface area contributed by atoms with E-state index in [9.17, 15) is 28.7 Å². The number of ether oxygens (including phenoxy) is 1. The molecule has 11 heteroatoms. The predicted octanol–water partition coefficient (Wildman–Crippen LogP) is 2.25. The lowest BCUT2D eigenvalue weighted by Crippen LogP contribution is -2.55. The maximum atomic E-state index is 13.8. The molecule has 2 N–H and O–H groups in total. The first-order chi connectivity index (χ1) is 17.3. The Hall–Kier alpha value is -3.89. The Balaban J connectivity index is 1.71. The second-order valence-electron chi connectivity index (χ2n) is 9.01. The number of halogens is 1. The number of fused-ring (bicyclic) bond motifs is 2. The third-order valence-corrected chi connectivity index (χ3v) is 6.36. The Kier molecular flexibility index (Phi) is 7.56. The molecule has 2 bridgehead atoms. The van der Waals surface area contributed by atoms with E-state index in [1.807, 2.05) is 0 Å². The van der Waals surface area contributed by atoms with Gasteiger partial charge in [0.25, 0.3) is 11.8 Å². The normalized spacial score (nSPS) is 17.9. The van der Waals surface area contributed by atoms with Gasteiger partial charge in [0.2, 0.25) is 11.3 Å². The van der Waals surface area contributed by atoms with Crippen LogP contribution in [0.2, 0.25) is 0 Å². The molecule has 2 aliphatic rings. The second kappa shape index (κ2) is 10.8. The molecule has 3 amide bonds. The highest BCUT2D eigenvalue weighted by atomic mass is 19.1. The molecule has 0 fully saturated rings. The highest BCUT2D eigenvalue weighted by Gasteiger charge is 2.35. The van der Waals surface area contributed by atoms with Crippen LogP contribution >= 0.6 is 0 Å². The fourth-order valence-electron chi connectivity index (χ4n) is 4.33. The minimum Gasteiger partial charge on any atom is -0.502 e. The first-order valence-corrected chi connectivity index (χ1v) is 12.0. The van der Waals surface area contributed by atoms with Crippen LogP contribution in [0.25, 0.3) is 0 Å². The van der Waals surface area contributed by atoms with Crippen LogP contribution in [-0.2, 0) is 11.3 Å². The molecule has 0 spiro atoms. The Labute approximate surface area is 207 Å². The van der Waals surface area contributed by atoms with Gasteiger partial charge >= 0.3 is 0 Å². The number of benzene rings is 1. The summed E-state index contributed by atoms with van der Waals surface area (Å²) in [5.74, 6) is -2.86. The molecule has 0 saturated heterocycles. The maximum absolute atomic E-state index is 13.8. The molecule has 36 heavy (non-hydrogen) atoms. The standard InChI is InChI=1S/C25H29FN4O6/c1-28-15-30-20(31)8-6-4-2-3-5-7-11-36-19-12-17(26)10-9-16(19)13-27-24(34)18-14-29(30)21(25(28)35)23(33)22(18)32/h9-10,12,14,33H,2-8,11,13,15H2,1H3,(H,27,34). The van der Waals surface area contributed by atoms with Crippen molar-refractivity contribution >= 4 is 17.7 Å². The van der Waals surface area contributed by atoms with Gasteiger partial charge in [-0.05, 0) is 18.9 Å². The van der Waals surface area contributed by atoms with Crippen LogP contribution in [0.4, 0.5) is 4.39 Å². The number of rotatable bonds is 0. The fourth-order valence-corrected chi connectivity index (χ4v) is 4.33. The number of aromatic hydroxyl groups is 1. The van der Waals surface area contributed by atoms with Crippen LogP contribution < -0.4 is 20.5 Å². The van der Waals surface area contributed by atoms with Gasteiger partial charge in [0, 0.05) is 37.8 Å². The van der Waals surface area contributed by atoms with Crippen molar-refractivity contribution in [2.75, 3.05) is 25.3 Å². The van der Waals surface area contributed by atoms with Crippen molar-refractivity contribution in [3.05, 3.63) is 57.3 Å². The minimum atomic E-state index is -1.03. The number of nitrogens with one attached hydrogen (secondary N) is 1. The highest BCUT2D eigenvalue weighted by Crippen LogP contribution is 2.23. The Morgan fingerprint density at radius 1 is 1.03 bits per heavy atom. The Morgan fingerprint density at radius 2 is 1.75 bits per heavy atom. The van der Waals surface area contributed by atoms with Crippen LogP contribution in [0.3, 0.4) is 0 Å². The molecule has 1 aromatic heterocycles. The van der Waals surface area contributed by atoms with Crippen LogP contribution in [0.5, 0.6) is 11.5 Å². The first kappa shape index (κ1) is 25.2. The molecule has 0 unspecified atom stereocenters. The summed E-state index contributed by atoms with van der Waals surface area (Å²) in [5.41, 5.74) is -1.33. The zero-order valence-electron chi connectivity index (χ0n) is 20.1. The van der Waals surface area contributed by atoms with Crippen LogP contribution in [-0.4, -0.2) is 52.7 Å². The van der Waals surface area contributed by atoms with Gasteiger partial charge in [0.1, 0.15) is 23.8 Å². The molecule has 2 aromatic rings. The lowest BCUT2D eigenvalue weighted by molar-refractivity contribution is -0.120. The van der Waals surface area contributed by atoms with Gasteiger partial charge in [-0.15, -0.1) is 0 Å². The molecular formula is C25H29FN4O6. The summed E-state index contributed by atoms with van der Waals surface area (Å²) in [4.78, 5) is 52.7. The molecule has 10 nitrogen and oxygen atoms in total. The van der Waals surface area contributed by atoms with Crippen molar-refractivity contribution in [3.63, 3.8) is 0 Å². The number of amides is 3. The largest absolute Gasteiger partial charge is 0.502 e. The van der Waals surface area contributed by atoms with E-state index in [4.69, 9.17) is 4.74 Å². The molecule has 2 aliphatic heterocycles. The van der Waals surface area contributed by atoms with E-state index in [1.165, 1.54) is 35.2 Å². The van der Waals surface area contributed by atoms with E-state index in [-0.39, 0.29) is 31.2 Å². The van der Waals surface area contributed by atoms with Gasteiger partial charge in [-0.3, -0.25) is 19.2 Å². The van der Waals surface area contributed by atoms with Crippen LogP contribution in [0.15, 0.2) is 29.2 Å². The lowest BCUT2D eigenvalue weighted by Gasteiger charge is -2.36. The van der Waals surface area contributed by atoms with Gasteiger partial charge in [-0.2, -0.15) is 0 Å². The summed E-state index contributed by atoms with van der Waals surface area (Å²) < 4.78 is 20.7. The van der Waals surface area contributed by atoms with E-state index in [0.29, 0.717) is 24.3 Å². The number of hydrogen-bond donors (Lipinski definition) is 2. The second-order valence-corrected chi connectivity index (χ2v) is 9.01. The van der Waals surface area contributed by atoms with Gasteiger partial charge in [-0.1, -0.05) is 31.7 Å². The summed E-state index contributed by atoms with van der Waals surface area (Å²) >= 11 is 0. The summed E-state index contributed by atoms with van der Waals surface area (Å²) in [6, 6.07) is 3.98. The van der Waals surface area contributed by atoms with E-state index in [2.05, 4.69) is 5.32 Å². The lowest BCUT2D eigenvalue weighted by atomic mass is 10.1. The number of hydrogen-bond acceptors (Lipinski definition) is 6. The minimum absolute atomic E-state index is 0.0687. The van der Waals surface area contributed by atoms with Crippen LogP contribution in [0.1, 0.15) is 71.4 Å². The zero-order chi connectivity index (χ0) is 25.8. The molecular weight excluding hydrogens is 471 g/mol. The van der Waals surface area contributed by atoms with Crippen molar-refractivity contribution in [2.45, 2.75) is 51.5 Å². The van der Waals surface area contributed by atoms with E-state index >= 15 is 0 Å². The van der Waals surface area contributed by atoms with Gasteiger partial charge in [0.05, 0.1) is 6.61 Å². The van der Waals surface area contributed by atoms with E-state index in [0.717, 1.165) is 43.0 Å².